The predicted molar refractivity (Wildman–Crippen MR) is 107 cm³/mol. The van der Waals surface area contributed by atoms with E-state index in [1.165, 1.54) is 11.1 Å². The Kier molecular flexibility index (Phi) is 4.54. The van der Waals surface area contributed by atoms with Crippen LogP contribution in [-0.4, -0.2) is 39.2 Å². The minimum Gasteiger partial charge on any atom is -0.504 e. The van der Waals surface area contributed by atoms with Crippen LogP contribution in [0.5, 0.6) is 17.2 Å². The molecule has 0 unspecified atom stereocenters. The molecule has 0 spiro atoms. The number of halogens is 1. The van der Waals surface area contributed by atoms with Crippen LogP contribution in [0.25, 0.3) is 11.1 Å². The Hall–Kier alpha value is -1.47. The molecule has 0 amide bonds. The van der Waals surface area contributed by atoms with Gasteiger partial charge in [-0.05, 0) is 59.8 Å². The van der Waals surface area contributed by atoms with Gasteiger partial charge < -0.3 is 14.9 Å². The Morgan fingerprint density at radius 3 is 2.84 bits per heavy atom. The van der Waals surface area contributed by atoms with E-state index in [9.17, 15) is 10.2 Å². The number of alkyl halides is 1. The van der Waals surface area contributed by atoms with Gasteiger partial charge in [0, 0.05) is 22.6 Å². The summed E-state index contributed by atoms with van der Waals surface area (Å²) in [5, 5.41) is 20.6. The van der Waals surface area contributed by atoms with Crippen molar-refractivity contribution >= 4 is 22.6 Å². The molecule has 0 radical (unpaired) electrons. The Bertz CT molecular complexity index is 821. The van der Waals surface area contributed by atoms with E-state index in [1.54, 1.807) is 6.07 Å². The van der Waals surface area contributed by atoms with Crippen molar-refractivity contribution in [2.24, 2.45) is 0 Å². The van der Waals surface area contributed by atoms with Crippen molar-refractivity contribution in [3.05, 3.63) is 41.0 Å². The summed E-state index contributed by atoms with van der Waals surface area (Å²) in [5.41, 5.74) is 5.47. The molecule has 0 saturated heterocycles. The Morgan fingerprint density at radius 1 is 1.24 bits per heavy atom. The van der Waals surface area contributed by atoms with E-state index in [2.05, 4.69) is 40.5 Å². The van der Waals surface area contributed by atoms with Gasteiger partial charge in [-0.1, -0.05) is 35.6 Å². The lowest BCUT2D eigenvalue weighted by molar-refractivity contribution is 0.192. The maximum atomic E-state index is 10.5. The second-order valence-electron chi connectivity index (χ2n) is 6.65. The molecule has 25 heavy (non-hydrogen) atoms. The number of phenolic OH excluding ortho intramolecular Hbond substituents is 2. The van der Waals surface area contributed by atoms with Gasteiger partial charge in [-0.2, -0.15) is 0 Å². The number of likely N-dealkylation sites (N-methyl/N-ethyl adjacent to an activating group) is 1. The van der Waals surface area contributed by atoms with E-state index in [4.69, 9.17) is 4.74 Å². The zero-order chi connectivity index (χ0) is 17.6. The molecule has 2 aromatic rings. The number of ether oxygens (including phenoxy) is 1. The summed E-state index contributed by atoms with van der Waals surface area (Å²) in [7, 11) is 0. The zero-order valence-electron chi connectivity index (χ0n) is 14.3. The summed E-state index contributed by atoms with van der Waals surface area (Å²) in [6, 6.07) is 8.06. The fourth-order valence-corrected chi connectivity index (χ4v) is 4.46. The third-order valence-electron chi connectivity index (χ3n) is 5.36. The van der Waals surface area contributed by atoms with Crippen molar-refractivity contribution in [3.63, 3.8) is 0 Å². The van der Waals surface area contributed by atoms with Crippen molar-refractivity contribution in [2.45, 2.75) is 25.8 Å². The molecular weight excluding hydrogens is 429 g/mol. The van der Waals surface area contributed by atoms with Crippen LogP contribution in [0.1, 0.15) is 29.7 Å². The lowest BCUT2D eigenvalue weighted by Crippen LogP contribution is -2.38. The molecule has 1 aliphatic carbocycles. The molecule has 2 N–H and O–H groups in total. The molecular formula is C20H22INO3. The van der Waals surface area contributed by atoms with Crippen LogP contribution in [0.2, 0.25) is 0 Å². The van der Waals surface area contributed by atoms with E-state index in [-0.39, 0.29) is 11.5 Å². The van der Waals surface area contributed by atoms with Crippen LogP contribution in [-0.2, 0) is 12.8 Å². The van der Waals surface area contributed by atoms with Crippen molar-refractivity contribution in [2.75, 3.05) is 24.1 Å². The summed E-state index contributed by atoms with van der Waals surface area (Å²) >= 11 is 2.30. The number of aromatic hydroxyl groups is 2. The van der Waals surface area contributed by atoms with Crippen LogP contribution < -0.4 is 4.74 Å². The van der Waals surface area contributed by atoms with Crippen molar-refractivity contribution in [1.29, 1.82) is 0 Å². The van der Waals surface area contributed by atoms with Crippen LogP contribution in [0.3, 0.4) is 0 Å². The molecule has 4 rings (SSSR count). The van der Waals surface area contributed by atoms with Crippen molar-refractivity contribution < 1.29 is 14.9 Å². The van der Waals surface area contributed by atoms with Gasteiger partial charge in [0.15, 0.2) is 11.5 Å². The molecule has 0 saturated carbocycles. The summed E-state index contributed by atoms with van der Waals surface area (Å²) < 4.78 is 6.83. The number of rotatable bonds is 4. The first-order valence-corrected chi connectivity index (χ1v) is 10.3. The highest BCUT2D eigenvalue weighted by Crippen LogP contribution is 2.51. The average molecular weight is 451 g/mol. The molecule has 132 valence electrons. The first-order chi connectivity index (χ1) is 12.1. The third kappa shape index (κ3) is 2.77. The SMILES string of the molecule is CCN1CCc2cc(OCCI)cc3c2[C@H]1Cc1ccc(O)c(O)c1-3. The normalized spacial score (nSPS) is 18.6. The second kappa shape index (κ2) is 6.68. The molecule has 0 aromatic heterocycles. The molecule has 1 atom stereocenters. The van der Waals surface area contributed by atoms with Gasteiger partial charge in [-0.3, -0.25) is 4.90 Å². The molecule has 1 aliphatic heterocycles. The molecule has 0 bridgehead atoms. The number of nitrogens with zero attached hydrogens (tertiary/aromatic N) is 1. The Morgan fingerprint density at radius 2 is 2.08 bits per heavy atom. The number of benzene rings is 2. The van der Waals surface area contributed by atoms with Crippen LogP contribution in [0.15, 0.2) is 24.3 Å². The Labute approximate surface area is 161 Å². The maximum absolute atomic E-state index is 10.5. The third-order valence-corrected chi connectivity index (χ3v) is 5.80. The molecule has 1 heterocycles. The van der Waals surface area contributed by atoms with Gasteiger partial charge in [0.2, 0.25) is 0 Å². The van der Waals surface area contributed by atoms with Crippen molar-refractivity contribution in [3.8, 4) is 28.4 Å². The van der Waals surface area contributed by atoms with Crippen molar-refractivity contribution in [1.82, 2.24) is 4.90 Å². The van der Waals surface area contributed by atoms with Crippen LogP contribution in [0.4, 0.5) is 0 Å². The summed E-state index contributed by atoms with van der Waals surface area (Å²) in [6.45, 7) is 4.92. The van der Waals surface area contributed by atoms with E-state index >= 15 is 0 Å². The van der Waals surface area contributed by atoms with Gasteiger partial charge >= 0.3 is 0 Å². The number of fused-ring (bicyclic) bond motifs is 2. The fraction of sp³-hybridized carbons (Fsp3) is 0.400. The van der Waals surface area contributed by atoms with Gasteiger partial charge in [0.25, 0.3) is 0 Å². The molecule has 2 aliphatic rings. The number of hydrogen-bond donors (Lipinski definition) is 2. The lowest BCUT2D eigenvalue weighted by atomic mass is 9.76. The Balaban J connectivity index is 1.94. The largest absolute Gasteiger partial charge is 0.504 e. The maximum Gasteiger partial charge on any atom is 0.165 e. The molecule has 5 heteroatoms. The lowest BCUT2D eigenvalue weighted by Gasteiger charge is -2.41. The summed E-state index contributed by atoms with van der Waals surface area (Å²) in [6.07, 6.45) is 1.86. The van der Waals surface area contributed by atoms with Crippen LogP contribution >= 0.6 is 22.6 Å². The van der Waals surface area contributed by atoms with E-state index in [0.29, 0.717) is 12.6 Å². The smallest absolute Gasteiger partial charge is 0.165 e. The first kappa shape index (κ1) is 17.0. The van der Waals surface area contributed by atoms with E-state index in [0.717, 1.165) is 52.8 Å². The monoisotopic (exact) mass is 451 g/mol. The van der Waals surface area contributed by atoms with Gasteiger partial charge in [0.1, 0.15) is 5.75 Å². The minimum atomic E-state index is -0.0623. The second-order valence-corrected chi connectivity index (χ2v) is 7.73. The highest BCUT2D eigenvalue weighted by Gasteiger charge is 2.35. The zero-order valence-corrected chi connectivity index (χ0v) is 16.4. The first-order valence-electron chi connectivity index (χ1n) is 8.77. The highest BCUT2D eigenvalue weighted by molar-refractivity contribution is 14.1. The van der Waals surface area contributed by atoms with E-state index < -0.39 is 0 Å². The summed E-state index contributed by atoms with van der Waals surface area (Å²) in [4.78, 5) is 2.50. The molecule has 0 fully saturated rings. The fourth-order valence-electron chi connectivity index (χ4n) is 4.24. The van der Waals surface area contributed by atoms with Crippen LogP contribution in [0, 0.1) is 0 Å². The number of hydrogen-bond acceptors (Lipinski definition) is 4. The number of phenols is 2. The standard InChI is InChI=1S/C20H22INO3/c1-2-22-7-5-13-9-14(25-8-6-21)11-15-18(13)16(22)10-12-3-4-17(23)20(24)19(12)15/h3-4,9,11,16,23-24H,2,5-8,10H2,1H3/t16-/m1/s1. The molecule has 4 nitrogen and oxygen atoms in total. The highest BCUT2D eigenvalue weighted by atomic mass is 127. The van der Waals surface area contributed by atoms with E-state index in [1.807, 2.05) is 12.1 Å². The topological polar surface area (TPSA) is 52.9 Å². The van der Waals surface area contributed by atoms with Gasteiger partial charge in [-0.25, -0.2) is 0 Å². The minimum absolute atomic E-state index is 0.0159. The van der Waals surface area contributed by atoms with Gasteiger partial charge in [0.05, 0.1) is 6.61 Å². The predicted octanol–water partition coefficient (Wildman–Crippen LogP) is 4.05. The summed E-state index contributed by atoms with van der Waals surface area (Å²) in [5.74, 6) is 0.773. The quantitative estimate of drug-likeness (QED) is 0.419. The van der Waals surface area contributed by atoms with Gasteiger partial charge in [-0.15, -0.1) is 0 Å². The average Bonchev–Trinajstić information content (AvgIpc) is 2.63. The molecule has 2 aromatic carbocycles.